The highest BCUT2D eigenvalue weighted by atomic mass is 16.5. The molecule has 0 fully saturated rings. The largest absolute Gasteiger partial charge is 0.481 e. The SMILES string of the molecule is CCCCCCNC(=O)C(CC)Oc1ccc(C[C@H](OCC)C(=O)O)cc1.CCO[C@@H](Cc1ccc(OC(CC)C(=O)NCCc2ccc(Oc3ccccc3)cc2)cc1)C(=O)O. The summed E-state index contributed by atoms with van der Waals surface area (Å²) in [6.07, 6.45) is 3.90. The van der Waals surface area contributed by atoms with Crippen LogP contribution in [0, 0.1) is 0 Å². The van der Waals surface area contributed by atoms with Crippen LogP contribution in [0.5, 0.6) is 23.0 Å². The molecule has 2 amide bonds. The standard InChI is InChI=1S/C29H33NO6.C21H33NO5/c1-3-26(36-25-16-12-22(13-17-25)20-27(29(32)33)34-4-2)28(31)30-19-18-21-10-14-24(15-11-21)35-23-8-6-5-7-9-23;1-4-7-8-9-14-22-20(23)18(5-2)27-17-12-10-16(11-13-17)15-19(21(24)25)26-6-3/h5-17,26-27H,3-4,18-20H2,1-2H3,(H,30,31)(H,32,33);10-13,18-19H,4-9,14-15H2,1-3H3,(H,22,23)(H,24,25)/t26?,27-;18?,19-/m00/s1. The van der Waals surface area contributed by atoms with Crippen molar-refractivity contribution >= 4 is 23.8 Å². The number of unbranched alkanes of at least 4 members (excludes halogenated alkanes) is 3. The van der Waals surface area contributed by atoms with Gasteiger partial charge in [-0.25, -0.2) is 9.59 Å². The molecule has 0 aliphatic rings. The second-order valence-electron chi connectivity index (χ2n) is 14.7. The van der Waals surface area contributed by atoms with E-state index in [1.807, 2.05) is 68.4 Å². The van der Waals surface area contributed by atoms with E-state index in [2.05, 4.69) is 17.6 Å². The van der Waals surface area contributed by atoms with Gasteiger partial charge in [0, 0.05) is 39.1 Å². The van der Waals surface area contributed by atoms with Crippen LogP contribution in [0.2, 0.25) is 0 Å². The Labute approximate surface area is 372 Å². The van der Waals surface area contributed by atoms with Gasteiger partial charge in [-0.1, -0.05) is 94.6 Å². The summed E-state index contributed by atoms with van der Waals surface area (Å²) >= 11 is 0. The molecule has 4 N–H and O–H groups in total. The number of hydrogen-bond donors (Lipinski definition) is 4. The fraction of sp³-hybridized carbons (Fsp3) is 0.440. The minimum absolute atomic E-state index is 0.0969. The molecule has 4 rings (SSSR count). The van der Waals surface area contributed by atoms with Crippen molar-refractivity contribution < 1.29 is 53.1 Å². The Balaban J connectivity index is 0.000000351. The zero-order valence-corrected chi connectivity index (χ0v) is 37.4. The first-order valence-electron chi connectivity index (χ1n) is 22.1. The van der Waals surface area contributed by atoms with Crippen molar-refractivity contribution in [3.05, 3.63) is 120 Å². The molecule has 4 atom stereocenters. The molecule has 2 unspecified atom stereocenters. The van der Waals surface area contributed by atoms with E-state index in [9.17, 15) is 24.3 Å². The van der Waals surface area contributed by atoms with Gasteiger partial charge in [-0.3, -0.25) is 9.59 Å². The van der Waals surface area contributed by atoms with E-state index in [0.29, 0.717) is 63.5 Å². The maximum atomic E-state index is 12.6. The third-order valence-electron chi connectivity index (χ3n) is 9.80. The van der Waals surface area contributed by atoms with Crippen molar-refractivity contribution in [1.82, 2.24) is 10.6 Å². The number of carbonyl (C=O) groups is 4. The van der Waals surface area contributed by atoms with Crippen LogP contribution in [-0.2, 0) is 47.9 Å². The van der Waals surface area contributed by atoms with Gasteiger partial charge in [0.05, 0.1) is 0 Å². The number of amides is 2. The predicted octanol–water partition coefficient (Wildman–Crippen LogP) is 8.60. The molecular formula is C50H66N2O11. The Morgan fingerprint density at radius 3 is 1.35 bits per heavy atom. The maximum absolute atomic E-state index is 12.6. The van der Waals surface area contributed by atoms with Crippen molar-refractivity contribution in [2.24, 2.45) is 0 Å². The van der Waals surface area contributed by atoms with Crippen molar-refractivity contribution in [2.75, 3.05) is 26.3 Å². The van der Waals surface area contributed by atoms with Gasteiger partial charge in [0.2, 0.25) is 0 Å². The maximum Gasteiger partial charge on any atom is 0.333 e. The first-order chi connectivity index (χ1) is 30.5. The first kappa shape index (κ1) is 51.4. The average molecular weight is 871 g/mol. The number of carboxylic acids is 2. The van der Waals surface area contributed by atoms with Crippen LogP contribution in [0.1, 0.15) is 89.8 Å². The molecule has 0 aliphatic heterocycles. The number of carbonyl (C=O) groups excluding carboxylic acids is 2. The molecule has 0 spiro atoms. The van der Waals surface area contributed by atoms with E-state index in [1.54, 1.807) is 62.4 Å². The Morgan fingerprint density at radius 1 is 0.492 bits per heavy atom. The summed E-state index contributed by atoms with van der Waals surface area (Å²) in [5.74, 6) is 0.458. The molecule has 63 heavy (non-hydrogen) atoms. The molecule has 4 aromatic carbocycles. The molecule has 0 heterocycles. The lowest BCUT2D eigenvalue weighted by Crippen LogP contribution is -2.38. The van der Waals surface area contributed by atoms with E-state index in [-0.39, 0.29) is 18.2 Å². The van der Waals surface area contributed by atoms with Gasteiger partial charge < -0.3 is 44.5 Å². The van der Waals surface area contributed by atoms with Gasteiger partial charge in [-0.15, -0.1) is 0 Å². The second kappa shape index (κ2) is 29.4. The number of rotatable bonds is 28. The minimum Gasteiger partial charge on any atom is -0.481 e. The molecule has 13 nitrogen and oxygen atoms in total. The molecule has 0 radical (unpaired) electrons. The van der Waals surface area contributed by atoms with E-state index in [0.717, 1.165) is 41.0 Å². The number of para-hydroxylation sites is 1. The number of aliphatic carboxylic acids is 2. The van der Waals surface area contributed by atoms with E-state index in [1.165, 1.54) is 12.8 Å². The molecule has 342 valence electrons. The summed E-state index contributed by atoms with van der Waals surface area (Å²) in [6, 6.07) is 31.6. The number of hydrogen-bond acceptors (Lipinski definition) is 9. The Morgan fingerprint density at radius 2 is 0.921 bits per heavy atom. The van der Waals surface area contributed by atoms with Crippen LogP contribution >= 0.6 is 0 Å². The summed E-state index contributed by atoms with van der Waals surface area (Å²) < 4.78 is 28.0. The number of ether oxygens (including phenoxy) is 5. The molecule has 4 aromatic rings. The lowest BCUT2D eigenvalue weighted by Gasteiger charge is -2.18. The molecule has 0 aliphatic carbocycles. The highest BCUT2D eigenvalue weighted by molar-refractivity contribution is 5.81. The van der Waals surface area contributed by atoms with Crippen molar-refractivity contribution in [2.45, 2.75) is 117 Å². The fourth-order valence-corrected chi connectivity index (χ4v) is 6.32. The van der Waals surface area contributed by atoms with Crippen LogP contribution < -0.4 is 24.8 Å². The van der Waals surface area contributed by atoms with E-state index >= 15 is 0 Å². The van der Waals surface area contributed by atoms with Crippen molar-refractivity contribution in [1.29, 1.82) is 0 Å². The Bertz CT molecular complexity index is 1910. The van der Waals surface area contributed by atoms with Crippen molar-refractivity contribution in [3.63, 3.8) is 0 Å². The van der Waals surface area contributed by atoms with Gasteiger partial charge in [0.1, 0.15) is 23.0 Å². The average Bonchev–Trinajstić information content (AvgIpc) is 3.29. The lowest BCUT2D eigenvalue weighted by molar-refractivity contribution is -0.150. The molecule has 13 heteroatoms. The highest BCUT2D eigenvalue weighted by Crippen LogP contribution is 2.22. The zero-order chi connectivity index (χ0) is 45.8. The number of nitrogens with one attached hydrogen (secondary N) is 2. The van der Waals surface area contributed by atoms with Gasteiger partial charge in [0.15, 0.2) is 24.4 Å². The summed E-state index contributed by atoms with van der Waals surface area (Å²) in [4.78, 5) is 47.4. The van der Waals surface area contributed by atoms with Crippen LogP contribution in [0.15, 0.2) is 103 Å². The quantitative estimate of drug-likeness (QED) is 0.0402. The topological polar surface area (TPSA) is 179 Å². The van der Waals surface area contributed by atoms with Crippen molar-refractivity contribution in [3.8, 4) is 23.0 Å². The Kier molecular flexibility index (Phi) is 24.0. The summed E-state index contributed by atoms with van der Waals surface area (Å²) in [6.45, 7) is 11.3. The Hall–Kier alpha value is -5.92. The van der Waals surface area contributed by atoms with Gasteiger partial charge in [0.25, 0.3) is 11.8 Å². The zero-order valence-electron chi connectivity index (χ0n) is 37.4. The summed E-state index contributed by atoms with van der Waals surface area (Å²) in [7, 11) is 0. The van der Waals surface area contributed by atoms with Crippen LogP contribution in [-0.4, -0.2) is 84.7 Å². The molecular weight excluding hydrogens is 805 g/mol. The predicted molar refractivity (Wildman–Crippen MR) is 243 cm³/mol. The highest BCUT2D eigenvalue weighted by Gasteiger charge is 2.22. The summed E-state index contributed by atoms with van der Waals surface area (Å²) in [5, 5.41) is 24.3. The second-order valence-corrected chi connectivity index (χ2v) is 14.7. The van der Waals surface area contributed by atoms with E-state index < -0.39 is 36.4 Å². The molecule has 0 bridgehead atoms. The van der Waals surface area contributed by atoms with Gasteiger partial charge in [-0.2, -0.15) is 0 Å². The molecule has 0 saturated carbocycles. The normalized spacial score (nSPS) is 12.7. The number of carboxylic acid groups (broad SMARTS) is 2. The smallest absolute Gasteiger partial charge is 0.333 e. The van der Waals surface area contributed by atoms with Crippen LogP contribution in [0.3, 0.4) is 0 Å². The monoisotopic (exact) mass is 870 g/mol. The third-order valence-corrected chi connectivity index (χ3v) is 9.80. The third kappa shape index (κ3) is 19.8. The van der Waals surface area contributed by atoms with Crippen LogP contribution in [0.25, 0.3) is 0 Å². The lowest BCUT2D eigenvalue weighted by atomic mass is 10.1. The van der Waals surface area contributed by atoms with Gasteiger partial charge in [-0.05, 0) is 105 Å². The number of benzene rings is 4. The fourth-order valence-electron chi connectivity index (χ4n) is 6.32. The van der Waals surface area contributed by atoms with E-state index in [4.69, 9.17) is 28.8 Å². The van der Waals surface area contributed by atoms with Gasteiger partial charge >= 0.3 is 11.9 Å². The summed E-state index contributed by atoms with van der Waals surface area (Å²) in [5.41, 5.74) is 2.75. The molecule has 0 saturated heterocycles. The first-order valence-corrected chi connectivity index (χ1v) is 22.1. The minimum atomic E-state index is -0.989. The molecule has 0 aromatic heterocycles. The van der Waals surface area contributed by atoms with Crippen LogP contribution in [0.4, 0.5) is 0 Å².